The van der Waals surface area contributed by atoms with E-state index in [1.54, 1.807) is 7.11 Å². The first-order valence-electron chi connectivity index (χ1n) is 8.94. The van der Waals surface area contributed by atoms with Gasteiger partial charge in [0.1, 0.15) is 5.75 Å². The first kappa shape index (κ1) is 17.2. The SMILES string of the molecule is COc1ccc(C2(CNC(=O)CC3CCCN3)CCOCC2)cc1. The van der Waals surface area contributed by atoms with Crippen LogP contribution in [0, 0.1) is 0 Å². The number of carbonyl (C=O) groups is 1. The third kappa shape index (κ3) is 4.08. The van der Waals surface area contributed by atoms with Crippen LogP contribution in [0.5, 0.6) is 5.75 Å². The highest BCUT2D eigenvalue weighted by Gasteiger charge is 2.35. The fourth-order valence-electron chi connectivity index (χ4n) is 3.77. The van der Waals surface area contributed by atoms with Gasteiger partial charge in [-0.1, -0.05) is 12.1 Å². The largest absolute Gasteiger partial charge is 0.497 e. The Morgan fingerprint density at radius 2 is 2.08 bits per heavy atom. The maximum Gasteiger partial charge on any atom is 0.221 e. The van der Waals surface area contributed by atoms with Gasteiger partial charge in [0.2, 0.25) is 5.91 Å². The predicted octanol–water partition coefficient (Wildman–Crippen LogP) is 2.00. The Bertz CT molecular complexity index is 532. The maximum absolute atomic E-state index is 12.3. The van der Waals surface area contributed by atoms with Crippen LogP contribution >= 0.6 is 0 Å². The number of methoxy groups -OCH3 is 1. The topological polar surface area (TPSA) is 59.6 Å². The van der Waals surface area contributed by atoms with Gasteiger partial charge in [0.25, 0.3) is 0 Å². The van der Waals surface area contributed by atoms with Crippen LogP contribution in [0.2, 0.25) is 0 Å². The molecule has 1 unspecified atom stereocenters. The molecular formula is C19H28N2O3. The van der Waals surface area contributed by atoms with Gasteiger partial charge in [-0.05, 0) is 49.9 Å². The standard InChI is InChI=1S/C19H28N2O3/c1-23-17-6-4-15(5-7-17)19(8-11-24-12-9-19)14-21-18(22)13-16-3-2-10-20-16/h4-7,16,20H,2-3,8-14H2,1H3,(H,21,22). The summed E-state index contributed by atoms with van der Waals surface area (Å²) < 4.78 is 10.8. The molecule has 0 bridgehead atoms. The minimum Gasteiger partial charge on any atom is -0.497 e. The Balaban J connectivity index is 1.65. The average molecular weight is 332 g/mol. The van der Waals surface area contributed by atoms with Gasteiger partial charge in [-0.2, -0.15) is 0 Å². The van der Waals surface area contributed by atoms with E-state index >= 15 is 0 Å². The molecule has 24 heavy (non-hydrogen) atoms. The van der Waals surface area contributed by atoms with Gasteiger partial charge in [-0.3, -0.25) is 4.79 Å². The molecule has 5 nitrogen and oxygen atoms in total. The van der Waals surface area contributed by atoms with E-state index in [-0.39, 0.29) is 11.3 Å². The Hall–Kier alpha value is -1.59. The van der Waals surface area contributed by atoms with Crippen molar-refractivity contribution in [2.75, 3.05) is 33.4 Å². The third-order valence-corrected chi connectivity index (χ3v) is 5.37. The Kier molecular flexibility index (Phi) is 5.74. The second kappa shape index (κ2) is 7.99. The molecule has 1 aromatic carbocycles. The van der Waals surface area contributed by atoms with Gasteiger partial charge in [0, 0.05) is 37.6 Å². The summed E-state index contributed by atoms with van der Waals surface area (Å²) in [6, 6.07) is 8.58. The summed E-state index contributed by atoms with van der Waals surface area (Å²) in [6.07, 6.45) is 4.72. The van der Waals surface area contributed by atoms with E-state index in [0.717, 1.165) is 44.8 Å². The molecule has 0 aromatic heterocycles. The van der Waals surface area contributed by atoms with E-state index in [4.69, 9.17) is 9.47 Å². The highest BCUT2D eigenvalue weighted by molar-refractivity contribution is 5.76. The van der Waals surface area contributed by atoms with Crippen molar-refractivity contribution in [2.24, 2.45) is 0 Å². The summed E-state index contributed by atoms with van der Waals surface area (Å²) in [5.74, 6) is 1.01. The number of hydrogen-bond donors (Lipinski definition) is 2. The van der Waals surface area contributed by atoms with Crippen LogP contribution in [0.3, 0.4) is 0 Å². The van der Waals surface area contributed by atoms with E-state index in [1.165, 1.54) is 12.0 Å². The van der Waals surface area contributed by atoms with Gasteiger partial charge < -0.3 is 20.1 Å². The zero-order valence-corrected chi connectivity index (χ0v) is 14.5. The van der Waals surface area contributed by atoms with Crippen LogP contribution in [0.15, 0.2) is 24.3 Å². The minimum atomic E-state index is -0.0384. The number of benzene rings is 1. The van der Waals surface area contributed by atoms with Gasteiger partial charge in [-0.15, -0.1) is 0 Å². The van der Waals surface area contributed by atoms with E-state index in [1.807, 2.05) is 12.1 Å². The minimum absolute atomic E-state index is 0.0384. The maximum atomic E-state index is 12.3. The number of hydrogen-bond acceptors (Lipinski definition) is 4. The molecule has 2 aliphatic heterocycles. The summed E-state index contributed by atoms with van der Waals surface area (Å²) in [6.45, 7) is 3.19. The zero-order valence-electron chi connectivity index (χ0n) is 14.5. The van der Waals surface area contributed by atoms with E-state index < -0.39 is 0 Å². The molecule has 2 fully saturated rings. The van der Waals surface area contributed by atoms with E-state index in [2.05, 4.69) is 22.8 Å². The molecule has 2 N–H and O–H groups in total. The fourth-order valence-corrected chi connectivity index (χ4v) is 3.77. The first-order valence-corrected chi connectivity index (χ1v) is 8.94. The number of amides is 1. The van der Waals surface area contributed by atoms with E-state index in [0.29, 0.717) is 19.0 Å². The second-order valence-electron chi connectivity index (χ2n) is 6.90. The predicted molar refractivity (Wildman–Crippen MR) is 93.4 cm³/mol. The van der Waals surface area contributed by atoms with Crippen molar-refractivity contribution in [3.63, 3.8) is 0 Å². The second-order valence-corrected chi connectivity index (χ2v) is 6.90. The van der Waals surface area contributed by atoms with Crippen molar-refractivity contribution in [1.29, 1.82) is 0 Å². The number of nitrogens with one attached hydrogen (secondary N) is 2. The Morgan fingerprint density at radius 3 is 2.71 bits per heavy atom. The molecule has 1 atom stereocenters. The molecule has 5 heteroatoms. The lowest BCUT2D eigenvalue weighted by Gasteiger charge is -2.38. The van der Waals surface area contributed by atoms with Crippen LogP contribution in [0.1, 0.15) is 37.7 Å². The molecule has 2 heterocycles. The lowest BCUT2D eigenvalue weighted by molar-refractivity contribution is -0.122. The summed E-state index contributed by atoms with van der Waals surface area (Å²) >= 11 is 0. The number of rotatable bonds is 6. The van der Waals surface area contributed by atoms with E-state index in [9.17, 15) is 4.79 Å². The zero-order chi connectivity index (χ0) is 16.8. The van der Waals surface area contributed by atoms with Crippen molar-refractivity contribution in [2.45, 2.75) is 43.6 Å². The molecule has 0 aliphatic carbocycles. The van der Waals surface area contributed by atoms with Gasteiger partial charge in [0.05, 0.1) is 7.11 Å². The summed E-state index contributed by atoms with van der Waals surface area (Å²) in [4.78, 5) is 12.3. The Labute approximate surface area is 144 Å². The van der Waals surface area contributed by atoms with Crippen molar-refractivity contribution in [1.82, 2.24) is 10.6 Å². The molecule has 1 aromatic rings. The molecule has 2 saturated heterocycles. The lowest BCUT2D eigenvalue weighted by Crippen LogP contribution is -2.45. The van der Waals surface area contributed by atoms with Crippen molar-refractivity contribution in [3.05, 3.63) is 29.8 Å². The molecular weight excluding hydrogens is 304 g/mol. The third-order valence-electron chi connectivity index (χ3n) is 5.37. The number of carbonyl (C=O) groups excluding carboxylic acids is 1. The summed E-state index contributed by atoms with van der Waals surface area (Å²) in [5.41, 5.74) is 1.22. The monoisotopic (exact) mass is 332 g/mol. The molecule has 132 valence electrons. The van der Waals surface area contributed by atoms with Crippen LogP contribution < -0.4 is 15.4 Å². The summed E-state index contributed by atoms with van der Waals surface area (Å²) in [7, 11) is 1.68. The smallest absolute Gasteiger partial charge is 0.221 e. The van der Waals surface area contributed by atoms with Gasteiger partial charge >= 0.3 is 0 Å². The molecule has 0 radical (unpaired) electrons. The average Bonchev–Trinajstić information content (AvgIpc) is 3.14. The van der Waals surface area contributed by atoms with Crippen LogP contribution in [-0.4, -0.2) is 45.4 Å². The molecule has 0 spiro atoms. The normalized spacial score (nSPS) is 23.0. The molecule has 1 amide bonds. The molecule has 2 aliphatic rings. The fraction of sp³-hybridized carbons (Fsp3) is 0.632. The lowest BCUT2D eigenvalue weighted by atomic mass is 9.74. The van der Waals surface area contributed by atoms with Crippen molar-refractivity contribution < 1.29 is 14.3 Å². The highest BCUT2D eigenvalue weighted by Crippen LogP contribution is 2.35. The van der Waals surface area contributed by atoms with Gasteiger partial charge in [0.15, 0.2) is 0 Å². The quantitative estimate of drug-likeness (QED) is 0.836. The number of ether oxygens (including phenoxy) is 2. The molecule has 0 saturated carbocycles. The van der Waals surface area contributed by atoms with Gasteiger partial charge in [-0.25, -0.2) is 0 Å². The van der Waals surface area contributed by atoms with Crippen molar-refractivity contribution >= 4 is 5.91 Å². The first-order chi connectivity index (χ1) is 11.7. The van der Waals surface area contributed by atoms with Crippen LogP contribution in [-0.2, 0) is 14.9 Å². The summed E-state index contributed by atoms with van der Waals surface area (Å²) in [5, 5.41) is 6.57. The highest BCUT2D eigenvalue weighted by atomic mass is 16.5. The molecule has 3 rings (SSSR count). The Morgan fingerprint density at radius 1 is 1.33 bits per heavy atom. The van der Waals surface area contributed by atoms with Crippen LogP contribution in [0.4, 0.5) is 0 Å². The van der Waals surface area contributed by atoms with Crippen LogP contribution in [0.25, 0.3) is 0 Å². The van der Waals surface area contributed by atoms with Crippen molar-refractivity contribution in [3.8, 4) is 5.75 Å².